The van der Waals surface area contributed by atoms with Crippen LogP contribution in [0.5, 0.6) is 0 Å². The summed E-state index contributed by atoms with van der Waals surface area (Å²) in [6.07, 6.45) is 6.20. The predicted molar refractivity (Wildman–Crippen MR) is 116 cm³/mol. The molecule has 0 saturated heterocycles. The number of aryl methyl sites for hydroxylation is 2. The third kappa shape index (κ3) is 4.00. The van der Waals surface area contributed by atoms with Crippen LogP contribution < -0.4 is 11.1 Å². The molecule has 0 amide bonds. The van der Waals surface area contributed by atoms with E-state index in [9.17, 15) is 4.39 Å². The zero-order valence-corrected chi connectivity index (χ0v) is 16.7. The summed E-state index contributed by atoms with van der Waals surface area (Å²) in [5.74, 6) is 0.186. The summed E-state index contributed by atoms with van der Waals surface area (Å²) in [5.41, 5.74) is 11.8. The molecule has 4 N–H and O–H groups in total. The van der Waals surface area contributed by atoms with Crippen LogP contribution in [-0.2, 0) is 19.3 Å². The Morgan fingerprint density at radius 1 is 1.15 bits per heavy atom. The average molecular weight is 464 g/mol. The molecule has 1 aromatic heterocycles. The van der Waals surface area contributed by atoms with Gasteiger partial charge in [-0.15, -0.1) is 24.0 Å². The molecule has 0 fully saturated rings. The summed E-state index contributed by atoms with van der Waals surface area (Å²) in [7, 11) is 0. The highest BCUT2D eigenvalue weighted by Crippen LogP contribution is 2.24. The lowest BCUT2D eigenvalue weighted by molar-refractivity contribution is 0.629. The molecule has 3 aromatic rings. The number of nitrogens with zero attached hydrogens (tertiary/aromatic N) is 1. The van der Waals surface area contributed by atoms with Crippen molar-refractivity contribution < 1.29 is 4.39 Å². The number of hydrogen-bond donors (Lipinski definition) is 3. The summed E-state index contributed by atoms with van der Waals surface area (Å²) in [4.78, 5) is 7.50. The zero-order valence-electron chi connectivity index (χ0n) is 14.4. The van der Waals surface area contributed by atoms with Gasteiger partial charge in [0.05, 0.1) is 0 Å². The van der Waals surface area contributed by atoms with Gasteiger partial charge in [0.15, 0.2) is 5.96 Å². The monoisotopic (exact) mass is 464 g/mol. The van der Waals surface area contributed by atoms with Crippen molar-refractivity contribution >= 4 is 46.5 Å². The Hall–Kier alpha value is -2.09. The topological polar surface area (TPSA) is 66.2 Å². The molecule has 0 atom stereocenters. The average Bonchev–Trinajstić information content (AvgIpc) is 3.21. The minimum Gasteiger partial charge on any atom is -0.370 e. The number of aromatic nitrogens is 1. The van der Waals surface area contributed by atoms with Gasteiger partial charge >= 0.3 is 0 Å². The minimum absolute atomic E-state index is 0. The van der Waals surface area contributed by atoms with Gasteiger partial charge in [-0.2, -0.15) is 0 Å². The van der Waals surface area contributed by atoms with Crippen LogP contribution in [0.1, 0.15) is 23.1 Å². The van der Waals surface area contributed by atoms with Crippen LogP contribution in [0.4, 0.5) is 10.1 Å². The number of guanidine groups is 1. The Bertz CT molecular complexity index is 948. The fraction of sp³-hybridized carbons (Fsp3) is 0.250. The maximum atomic E-state index is 13.2. The highest BCUT2D eigenvalue weighted by molar-refractivity contribution is 14.0. The lowest BCUT2D eigenvalue weighted by atomic mass is 10.1. The summed E-state index contributed by atoms with van der Waals surface area (Å²) < 4.78 is 13.2. The van der Waals surface area contributed by atoms with Crippen LogP contribution in [0.15, 0.2) is 47.6 Å². The minimum atomic E-state index is -0.235. The molecule has 1 heterocycles. The number of halogens is 2. The van der Waals surface area contributed by atoms with E-state index in [2.05, 4.69) is 33.5 Å². The summed E-state index contributed by atoms with van der Waals surface area (Å²) in [6.45, 7) is 0.577. The molecule has 4 rings (SSSR count). The van der Waals surface area contributed by atoms with E-state index in [4.69, 9.17) is 5.73 Å². The van der Waals surface area contributed by atoms with E-state index >= 15 is 0 Å². The maximum Gasteiger partial charge on any atom is 0.193 e. The number of hydrogen-bond acceptors (Lipinski definition) is 1. The van der Waals surface area contributed by atoms with Crippen molar-refractivity contribution in [2.24, 2.45) is 10.7 Å². The number of rotatable bonds is 4. The van der Waals surface area contributed by atoms with Gasteiger partial charge in [0.25, 0.3) is 0 Å². The molecule has 2 aromatic carbocycles. The molecule has 0 spiro atoms. The van der Waals surface area contributed by atoms with Gasteiger partial charge in [-0.25, -0.2) is 4.39 Å². The first kappa shape index (κ1) is 18.7. The quantitative estimate of drug-likeness (QED) is 0.305. The fourth-order valence-electron chi connectivity index (χ4n) is 3.50. The van der Waals surface area contributed by atoms with E-state index in [1.165, 1.54) is 36.1 Å². The second kappa shape index (κ2) is 8.07. The summed E-state index contributed by atoms with van der Waals surface area (Å²) >= 11 is 0. The molecule has 0 unspecified atom stereocenters. The second-order valence-electron chi connectivity index (χ2n) is 6.48. The highest BCUT2D eigenvalue weighted by Gasteiger charge is 2.11. The van der Waals surface area contributed by atoms with Gasteiger partial charge in [-0.05, 0) is 72.7 Å². The van der Waals surface area contributed by atoms with Crippen molar-refractivity contribution in [2.45, 2.75) is 25.7 Å². The SMILES string of the molecule is I.NC(=NCCc1c[nH]c2cc(F)ccc12)Nc1ccc2c(c1)CCC2. The molecule has 136 valence electrons. The van der Waals surface area contributed by atoms with Crippen LogP contribution in [-0.4, -0.2) is 17.5 Å². The molecule has 0 bridgehead atoms. The van der Waals surface area contributed by atoms with Crippen LogP contribution >= 0.6 is 24.0 Å². The number of nitrogens with one attached hydrogen (secondary N) is 2. The molecular weight excluding hydrogens is 442 g/mol. The normalized spacial score (nSPS) is 13.5. The van der Waals surface area contributed by atoms with E-state index in [-0.39, 0.29) is 29.8 Å². The second-order valence-corrected chi connectivity index (χ2v) is 6.48. The Kier molecular flexibility index (Phi) is 5.80. The zero-order chi connectivity index (χ0) is 17.2. The Balaban J connectivity index is 0.00000196. The van der Waals surface area contributed by atoms with Gasteiger partial charge in [0, 0.05) is 29.3 Å². The lowest BCUT2D eigenvalue weighted by Crippen LogP contribution is -2.23. The van der Waals surface area contributed by atoms with Crippen molar-refractivity contribution in [1.29, 1.82) is 0 Å². The van der Waals surface area contributed by atoms with Crippen LogP contribution in [0.2, 0.25) is 0 Å². The molecule has 1 aliphatic rings. The number of aromatic amines is 1. The van der Waals surface area contributed by atoms with Crippen LogP contribution in [0.25, 0.3) is 10.9 Å². The molecule has 0 aliphatic heterocycles. The third-order valence-electron chi connectivity index (χ3n) is 4.76. The number of nitrogens with two attached hydrogens (primary N) is 1. The third-order valence-corrected chi connectivity index (χ3v) is 4.76. The molecule has 4 nitrogen and oxygen atoms in total. The van der Waals surface area contributed by atoms with Crippen LogP contribution in [0, 0.1) is 5.82 Å². The smallest absolute Gasteiger partial charge is 0.193 e. The molecule has 1 aliphatic carbocycles. The van der Waals surface area contributed by atoms with E-state index in [0.29, 0.717) is 12.5 Å². The first-order chi connectivity index (χ1) is 12.2. The van der Waals surface area contributed by atoms with Crippen molar-refractivity contribution in [3.8, 4) is 0 Å². The fourth-order valence-corrected chi connectivity index (χ4v) is 3.50. The predicted octanol–water partition coefficient (Wildman–Crippen LogP) is 4.38. The van der Waals surface area contributed by atoms with Crippen LogP contribution in [0.3, 0.4) is 0 Å². The maximum absolute atomic E-state index is 13.2. The molecule has 6 heteroatoms. The molecular formula is C20H22FIN4. The lowest BCUT2D eigenvalue weighted by Gasteiger charge is -2.08. The van der Waals surface area contributed by atoms with Gasteiger partial charge in [-0.1, -0.05) is 6.07 Å². The molecule has 0 radical (unpaired) electrons. The van der Waals surface area contributed by atoms with Crippen molar-refractivity contribution in [3.05, 3.63) is 65.1 Å². The van der Waals surface area contributed by atoms with Crippen molar-refractivity contribution in [3.63, 3.8) is 0 Å². The van der Waals surface area contributed by atoms with E-state index in [0.717, 1.165) is 35.0 Å². The van der Waals surface area contributed by atoms with E-state index in [1.54, 1.807) is 6.07 Å². The number of H-pyrrole nitrogens is 1. The largest absolute Gasteiger partial charge is 0.370 e. The van der Waals surface area contributed by atoms with E-state index in [1.807, 2.05) is 6.20 Å². The highest BCUT2D eigenvalue weighted by atomic mass is 127. The van der Waals surface area contributed by atoms with Gasteiger partial charge < -0.3 is 16.0 Å². The molecule has 26 heavy (non-hydrogen) atoms. The van der Waals surface area contributed by atoms with Crippen molar-refractivity contribution in [1.82, 2.24) is 4.98 Å². The number of aliphatic imine (C=N–C) groups is 1. The molecule has 0 saturated carbocycles. The Morgan fingerprint density at radius 2 is 2.00 bits per heavy atom. The first-order valence-electron chi connectivity index (χ1n) is 8.63. The summed E-state index contributed by atoms with van der Waals surface area (Å²) in [6, 6.07) is 11.2. The Morgan fingerprint density at radius 3 is 2.88 bits per heavy atom. The standard InChI is InChI=1S/C20H21FN4.HI/c21-16-5-7-18-15(12-24-19(18)11-16)8-9-23-20(22)25-17-6-4-13-2-1-3-14(13)10-17;/h4-7,10-12,24H,1-3,8-9H2,(H3,22,23,25);1H. The van der Waals surface area contributed by atoms with Gasteiger partial charge in [0.2, 0.25) is 0 Å². The summed E-state index contributed by atoms with van der Waals surface area (Å²) in [5, 5.41) is 4.20. The Labute approximate surface area is 169 Å². The number of anilines is 1. The van der Waals surface area contributed by atoms with E-state index < -0.39 is 0 Å². The van der Waals surface area contributed by atoms with Gasteiger partial charge in [-0.3, -0.25) is 4.99 Å². The number of fused-ring (bicyclic) bond motifs is 2. The first-order valence-corrected chi connectivity index (χ1v) is 8.63. The van der Waals surface area contributed by atoms with Gasteiger partial charge in [0.1, 0.15) is 5.82 Å². The number of benzene rings is 2. The van der Waals surface area contributed by atoms with Crippen molar-refractivity contribution in [2.75, 3.05) is 11.9 Å².